The minimum atomic E-state index is -0.137. The van der Waals surface area contributed by atoms with E-state index in [9.17, 15) is 4.79 Å². The van der Waals surface area contributed by atoms with E-state index in [-0.39, 0.29) is 16.8 Å². The summed E-state index contributed by atoms with van der Waals surface area (Å²) < 4.78 is 0. The van der Waals surface area contributed by atoms with E-state index in [0.717, 1.165) is 13.1 Å². The predicted molar refractivity (Wildman–Crippen MR) is 76.7 cm³/mol. The van der Waals surface area contributed by atoms with E-state index in [0.29, 0.717) is 15.5 Å². The monoisotopic (exact) mass is 304 g/mol. The van der Waals surface area contributed by atoms with Gasteiger partial charge in [-0.15, -0.1) is 0 Å². The molecule has 1 amide bonds. The van der Waals surface area contributed by atoms with Crippen molar-refractivity contribution in [2.45, 2.75) is 24.3 Å². The molecule has 0 N–H and O–H groups in total. The zero-order chi connectivity index (χ0) is 13.3. The molecule has 2 atom stereocenters. The van der Waals surface area contributed by atoms with Crippen molar-refractivity contribution in [1.82, 2.24) is 9.88 Å². The molecule has 1 aromatic rings. The van der Waals surface area contributed by atoms with Crippen molar-refractivity contribution in [1.29, 1.82) is 0 Å². The summed E-state index contributed by atoms with van der Waals surface area (Å²) in [4.78, 5) is 18.2. The first kappa shape index (κ1) is 14.0. The molecular weight excluding hydrogens is 291 g/mol. The summed E-state index contributed by atoms with van der Waals surface area (Å²) in [6.45, 7) is 5.68. The highest BCUT2D eigenvalue weighted by atomic mass is 35.5. The smallest absolute Gasteiger partial charge is 0.274 e. The molecule has 1 aliphatic rings. The SMILES string of the molecule is CC1CN(C(=O)c2nc(Cl)ccc2Cl)CC(C)S1. The summed E-state index contributed by atoms with van der Waals surface area (Å²) >= 11 is 13.7. The molecule has 2 heterocycles. The number of hydrogen-bond donors (Lipinski definition) is 0. The second-order valence-electron chi connectivity index (χ2n) is 4.43. The number of carbonyl (C=O) groups excluding carboxylic acids is 1. The van der Waals surface area contributed by atoms with Crippen LogP contribution in [-0.2, 0) is 0 Å². The Morgan fingerprint density at radius 1 is 1.33 bits per heavy atom. The van der Waals surface area contributed by atoms with E-state index in [1.165, 1.54) is 0 Å². The molecule has 1 fully saturated rings. The first-order valence-corrected chi connectivity index (χ1v) is 7.44. The normalized spacial score (nSPS) is 24.1. The summed E-state index contributed by atoms with van der Waals surface area (Å²) in [5, 5.41) is 1.49. The minimum Gasteiger partial charge on any atom is -0.335 e. The van der Waals surface area contributed by atoms with Crippen molar-refractivity contribution in [2.24, 2.45) is 0 Å². The van der Waals surface area contributed by atoms with Gasteiger partial charge >= 0.3 is 0 Å². The Morgan fingerprint density at radius 3 is 2.56 bits per heavy atom. The lowest BCUT2D eigenvalue weighted by Gasteiger charge is -2.34. The van der Waals surface area contributed by atoms with Gasteiger partial charge in [-0.05, 0) is 12.1 Å². The van der Waals surface area contributed by atoms with E-state index in [1.807, 2.05) is 11.8 Å². The Balaban J connectivity index is 2.22. The summed E-state index contributed by atoms with van der Waals surface area (Å²) in [5.74, 6) is -0.137. The Labute approximate surface area is 121 Å². The zero-order valence-corrected chi connectivity index (χ0v) is 12.5. The maximum absolute atomic E-state index is 12.4. The number of aromatic nitrogens is 1. The standard InChI is InChI=1S/C12H14Cl2N2OS/c1-7-5-16(6-8(2)18-7)12(17)11-9(13)3-4-10(14)15-11/h3-4,7-8H,5-6H2,1-2H3. The van der Waals surface area contributed by atoms with Gasteiger partial charge in [0.1, 0.15) is 10.8 Å². The molecule has 1 aliphatic heterocycles. The van der Waals surface area contributed by atoms with Gasteiger partial charge in [-0.1, -0.05) is 37.0 Å². The summed E-state index contributed by atoms with van der Waals surface area (Å²) in [6.07, 6.45) is 0. The average Bonchev–Trinajstić information content (AvgIpc) is 2.30. The first-order chi connectivity index (χ1) is 8.47. The maximum Gasteiger partial charge on any atom is 0.274 e. The Morgan fingerprint density at radius 2 is 1.94 bits per heavy atom. The third kappa shape index (κ3) is 3.11. The zero-order valence-electron chi connectivity index (χ0n) is 10.2. The topological polar surface area (TPSA) is 33.2 Å². The number of carbonyl (C=O) groups is 1. The Bertz CT molecular complexity index is 459. The van der Waals surface area contributed by atoms with E-state index < -0.39 is 0 Å². The van der Waals surface area contributed by atoms with Crippen LogP contribution < -0.4 is 0 Å². The fraction of sp³-hybridized carbons (Fsp3) is 0.500. The fourth-order valence-electron chi connectivity index (χ4n) is 2.06. The van der Waals surface area contributed by atoms with Crippen LogP contribution in [0.2, 0.25) is 10.2 Å². The van der Waals surface area contributed by atoms with E-state index in [4.69, 9.17) is 23.2 Å². The van der Waals surface area contributed by atoms with Crippen LogP contribution >= 0.6 is 35.0 Å². The van der Waals surface area contributed by atoms with Gasteiger partial charge in [0.2, 0.25) is 0 Å². The van der Waals surface area contributed by atoms with Crippen LogP contribution in [0.4, 0.5) is 0 Å². The molecule has 1 aromatic heterocycles. The number of rotatable bonds is 1. The quantitative estimate of drug-likeness (QED) is 0.746. The average molecular weight is 305 g/mol. The van der Waals surface area contributed by atoms with Gasteiger partial charge < -0.3 is 4.90 Å². The highest BCUT2D eigenvalue weighted by molar-refractivity contribution is 8.00. The van der Waals surface area contributed by atoms with E-state index >= 15 is 0 Å². The summed E-state index contributed by atoms with van der Waals surface area (Å²) in [7, 11) is 0. The molecule has 0 saturated carbocycles. The molecule has 98 valence electrons. The van der Waals surface area contributed by atoms with Crippen LogP contribution in [0.1, 0.15) is 24.3 Å². The van der Waals surface area contributed by atoms with Crippen LogP contribution in [0.25, 0.3) is 0 Å². The van der Waals surface area contributed by atoms with Crippen LogP contribution in [-0.4, -0.2) is 39.4 Å². The Kier molecular flexibility index (Phi) is 4.41. The van der Waals surface area contributed by atoms with Crippen LogP contribution in [0.3, 0.4) is 0 Å². The molecule has 0 spiro atoms. The maximum atomic E-state index is 12.4. The van der Waals surface area contributed by atoms with Crippen molar-refractivity contribution < 1.29 is 4.79 Å². The van der Waals surface area contributed by atoms with Gasteiger partial charge in [-0.3, -0.25) is 4.79 Å². The van der Waals surface area contributed by atoms with Crippen molar-refractivity contribution in [3.05, 3.63) is 28.0 Å². The molecule has 1 saturated heterocycles. The third-order valence-corrected chi connectivity index (χ3v) is 4.46. The van der Waals surface area contributed by atoms with E-state index in [1.54, 1.807) is 17.0 Å². The lowest BCUT2D eigenvalue weighted by Crippen LogP contribution is -2.44. The molecule has 18 heavy (non-hydrogen) atoms. The van der Waals surface area contributed by atoms with Crippen molar-refractivity contribution >= 4 is 40.9 Å². The van der Waals surface area contributed by atoms with Gasteiger partial charge in [0, 0.05) is 23.6 Å². The fourth-order valence-corrected chi connectivity index (χ4v) is 3.72. The van der Waals surface area contributed by atoms with Gasteiger partial charge in [0.05, 0.1) is 5.02 Å². The molecule has 3 nitrogen and oxygen atoms in total. The minimum absolute atomic E-state index is 0.137. The van der Waals surface area contributed by atoms with Crippen molar-refractivity contribution in [3.63, 3.8) is 0 Å². The van der Waals surface area contributed by atoms with Gasteiger partial charge in [-0.25, -0.2) is 4.98 Å². The molecule has 0 radical (unpaired) electrons. The van der Waals surface area contributed by atoms with Crippen LogP contribution in [0, 0.1) is 0 Å². The molecular formula is C12H14Cl2N2OS. The number of thioether (sulfide) groups is 1. The number of hydrogen-bond acceptors (Lipinski definition) is 3. The molecule has 6 heteroatoms. The number of amides is 1. The number of pyridine rings is 1. The largest absolute Gasteiger partial charge is 0.335 e. The highest BCUT2D eigenvalue weighted by Crippen LogP contribution is 2.27. The predicted octanol–water partition coefficient (Wildman–Crippen LogP) is 3.35. The molecule has 0 bridgehead atoms. The molecule has 2 rings (SSSR count). The van der Waals surface area contributed by atoms with Gasteiger partial charge in [0.15, 0.2) is 0 Å². The number of halogens is 2. The molecule has 0 aliphatic carbocycles. The second-order valence-corrected chi connectivity index (χ2v) is 7.11. The van der Waals surface area contributed by atoms with Crippen molar-refractivity contribution in [2.75, 3.05) is 13.1 Å². The molecule has 0 aromatic carbocycles. The molecule has 2 unspecified atom stereocenters. The van der Waals surface area contributed by atoms with E-state index in [2.05, 4.69) is 18.8 Å². The Hall–Kier alpha value is -0.450. The van der Waals surface area contributed by atoms with Gasteiger partial charge in [-0.2, -0.15) is 11.8 Å². The summed E-state index contributed by atoms with van der Waals surface area (Å²) in [5.41, 5.74) is 0.246. The lowest BCUT2D eigenvalue weighted by molar-refractivity contribution is 0.0747. The van der Waals surface area contributed by atoms with Crippen LogP contribution in [0.15, 0.2) is 12.1 Å². The second kappa shape index (κ2) is 5.68. The van der Waals surface area contributed by atoms with Gasteiger partial charge in [0.25, 0.3) is 5.91 Å². The number of nitrogens with zero attached hydrogens (tertiary/aromatic N) is 2. The lowest BCUT2D eigenvalue weighted by atomic mass is 10.2. The van der Waals surface area contributed by atoms with Crippen LogP contribution in [0.5, 0.6) is 0 Å². The third-order valence-electron chi connectivity index (χ3n) is 2.72. The first-order valence-electron chi connectivity index (χ1n) is 5.74. The van der Waals surface area contributed by atoms with Crippen molar-refractivity contribution in [3.8, 4) is 0 Å². The highest BCUT2D eigenvalue weighted by Gasteiger charge is 2.28. The summed E-state index contributed by atoms with van der Waals surface area (Å²) in [6, 6.07) is 3.19.